The van der Waals surface area contributed by atoms with Crippen molar-refractivity contribution in [3.05, 3.63) is 16.6 Å². The smallest absolute Gasteiger partial charge is 0.228 e. The molecule has 1 aromatic rings. The molecule has 94 valence electrons. The molecule has 0 saturated carbocycles. The van der Waals surface area contributed by atoms with Crippen molar-refractivity contribution in [1.82, 2.24) is 15.6 Å². The van der Waals surface area contributed by atoms with Crippen LogP contribution in [0.5, 0.6) is 0 Å². The van der Waals surface area contributed by atoms with E-state index in [0.717, 1.165) is 24.5 Å². The largest absolute Gasteiger partial charge is 0.344 e. The summed E-state index contributed by atoms with van der Waals surface area (Å²) in [6.45, 7) is 7.68. The molecule has 2 N–H and O–H groups in total. The molecule has 1 aromatic heterocycles. The van der Waals surface area contributed by atoms with Crippen LogP contribution in [0.4, 0.5) is 0 Å². The van der Waals surface area contributed by atoms with Gasteiger partial charge in [-0.15, -0.1) is 11.3 Å². The van der Waals surface area contributed by atoms with Crippen LogP contribution in [0.1, 0.15) is 32.2 Å². The van der Waals surface area contributed by atoms with Crippen LogP contribution in [0.2, 0.25) is 0 Å². The maximum atomic E-state index is 12.3. The van der Waals surface area contributed by atoms with Crippen LogP contribution in [0, 0.1) is 5.41 Å². The third-order valence-electron chi connectivity index (χ3n) is 3.31. The Kier molecular flexibility index (Phi) is 3.23. The number of nitrogens with one attached hydrogen (secondary N) is 2. The molecule has 1 unspecified atom stereocenters. The third-order valence-corrected chi connectivity index (χ3v) is 4.41. The number of hydrogen-bond donors (Lipinski definition) is 2. The molecule has 1 fully saturated rings. The molecule has 5 heteroatoms. The van der Waals surface area contributed by atoms with E-state index >= 15 is 0 Å². The van der Waals surface area contributed by atoms with Crippen molar-refractivity contribution in [2.75, 3.05) is 13.1 Å². The van der Waals surface area contributed by atoms with Gasteiger partial charge in [0.05, 0.1) is 11.0 Å². The van der Waals surface area contributed by atoms with Crippen LogP contribution in [0.25, 0.3) is 0 Å². The minimum atomic E-state index is -0.392. The second kappa shape index (κ2) is 4.38. The summed E-state index contributed by atoms with van der Waals surface area (Å²) in [7, 11) is 0. The molecule has 0 aliphatic carbocycles. The fourth-order valence-electron chi connectivity index (χ4n) is 2.03. The van der Waals surface area contributed by atoms with E-state index in [2.05, 4.69) is 15.6 Å². The van der Waals surface area contributed by atoms with Crippen LogP contribution in [0.3, 0.4) is 0 Å². The second-order valence-electron chi connectivity index (χ2n) is 5.40. The van der Waals surface area contributed by atoms with Crippen molar-refractivity contribution < 1.29 is 4.79 Å². The Morgan fingerprint density at radius 2 is 2.41 bits per heavy atom. The fraction of sp³-hybridized carbons (Fsp3) is 0.667. The molecule has 1 aliphatic rings. The van der Waals surface area contributed by atoms with Crippen LogP contribution in [0.15, 0.2) is 11.6 Å². The molecule has 1 aliphatic heterocycles. The summed E-state index contributed by atoms with van der Waals surface area (Å²) >= 11 is 1.57. The molecule has 1 amide bonds. The number of nitrogens with zero attached hydrogens (tertiary/aromatic N) is 1. The zero-order chi connectivity index (χ0) is 12.5. The highest BCUT2D eigenvalue weighted by molar-refractivity contribution is 7.09. The quantitative estimate of drug-likeness (QED) is 0.858. The van der Waals surface area contributed by atoms with Gasteiger partial charge < -0.3 is 10.6 Å². The first-order valence-corrected chi connectivity index (χ1v) is 6.75. The number of thiazole rings is 1. The highest BCUT2D eigenvalue weighted by Gasteiger charge is 2.39. The van der Waals surface area contributed by atoms with E-state index < -0.39 is 5.54 Å². The van der Waals surface area contributed by atoms with Crippen molar-refractivity contribution in [1.29, 1.82) is 0 Å². The molecule has 0 spiro atoms. The van der Waals surface area contributed by atoms with Crippen molar-refractivity contribution >= 4 is 17.2 Å². The van der Waals surface area contributed by atoms with E-state index in [0.29, 0.717) is 0 Å². The van der Waals surface area contributed by atoms with E-state index in [1.807, 2.05) is 26.2 Å². The molecule has 2 rings (SSSR count). The van der Waals surface area contributed by atoms with Gasteiger partial charge in [0.15, 0.2) is 0 Å². The van der Waals surface area contributed by atoms with Gasteiger partial charge in [-0.2, -0.15) is 0 Å². The monoisotopic (exact) mass is 253 g/mol. The summed E-state index contributed by atoms with van der Waals surface area (Å²) in [6, 6.07) is 0. The number of hydrogen-bond acceptors (Lipinski definition) is 4. The van der Waals surface area contributed by atoms with E-state index in [9.17, 15) is 4.79 Å². The fourth-order valence-corrected chi connectivity index (χ4v) is 2.75. The van der Waals surface area contributed by atoms with Crippen molar-refractivity contribution in [3.8, 4) is 0 Å². The Morgan fingerprint density at radius 1 is 1.65 bits per heavy atom. The Hall–Kier alpha value is -0.940. The van der Waals surface area contributed by atoms with E-state index in [1.165, 1.54) is 0 Å². The normalized spacial score (nSPS) is 24.9. The molecule has 0 bridgehead atoms. The van der Waals surface area contributed by atoms with E-state index in [-0.39, 0.29) is 11.3 Å². The molecule has 1 atom stereocenters. The molecule has 17 heavy (non-hydrogen) atoms. The third kappa shape index (κ3) is 2.50. The van der Waals surface area contributed by atoms with Gasteiger partial charge in [0, 0.05) is 18.1 Å². The Balaban J connectivity index is 2.08. The van der Waals surface area contributed by atoms with Gasteiger partial charge in [-0.3, -0.25) is 4.79 Å². The molecular formula is C12H19N3OS. The topological polar surface area (TPSA) is 54.0 Å². The lowest BCUT2D eigenvalue weighted by atomic mass is 9.87. The average Bonchev–Trinajstić information content (AvgIpc) is 2.87. The maximum absolute atomic E-state index is 12.3. The number of amides is 1. The summed E-state index contributed by atoms with van der Waals surface area (Å²) in [5.74, 6) is 0.114. The molecule has 2 heterocycles. The molecule has 1 saturated heterocycles. The minimum Gasteiger partial charge on any atom is -0.344 e. The zero-order valence-electron chi connectivity index (χ0n) is 10.5. The van der Waals surface area contributed by atoms with Crippen LogP contribution < -0.4 is 10.6 Å². The lowest BCUT2D eigenvalue weighted by Crippen LogP contribution is -2.48. The van der Waals surface area contributed by atoms with E-state index in [1.54, 1.807) is 17.5 Å². The maximum Gasteiger partial charge on any atom is 0.228 e. The van der Waals surface area contributed by atoms with Gasteiger partial charge in [-0.1, -0.05) is 0 Å². The van der Waals surface area contributed by atoms with Gasteiger partial charge in [0.1, 0.15) is 5.01 Å². The first-order chi connectivity index (χ1) is 7.94. The van der Waals surface area contributed by atoms with E-state index in [4.69, 9.17) is 0 Å². The SMILES string of the molecule is CC1(C(=O)NC(C)(C)c2nccs2)CCNC1. The number of rotatable bonds is 3. The average molecular weight is 253 g/mol. The summed E-state index contributed by atoms with van der Waals surface area (Å²) < 4.78 is 0. The number of carbonyl (C=O) groups is 1. The van der Waals surface area contributed by atoms with Gasteiger partial charge in [-0.05, 0) is 33.7 Å². The number of carbonyl (C=O) groups excluding carboxylic acids is 1. The first-order valence-electron chi connectivity index (χ1n) is 5.87. The molecular weight excluding hydrogens is 234 g/mol. The highest BCUT2D eigenvalue weighted by Crippen LogP contribution is 2.28. The zero-order valence-corrected chi connectivity index (χ0v) is 11.4. The second-order valence-corrected chi connectivity index (χ2v) is 6.30. The van der Waals surface area contributed by atoms with Crippen molar-refractivity contribution in [3.63, 3.8) is 0 Å². The Labute approximate surface area is 106 Å². The Morgan fingerprint density at radius 3 is 2.94 bits per heavy atom. The predicted octanol–water partition coefficient (Wildman–Crippen LogP) is 1.49. The van der Waals surface area contributed by atoms with Crippen molar-refractivity contribution in [2.45, 2.75) is 32.7 Å². The summed E-state index contributed by atoms with van der Waals surface area (Å²) in [5, 5.41) is 9.23. The summed E-state index contributed by atoms with van der Waals surface area (Å²) in [6.07, 6.45) is 2.67. The standard InChI is InChI=1S/C12H19N3OS/c1-11(2,10-14-6-7-17-10)15-9(16)12(3)4-5-13-8-12/h6-7,13H,4-5,8H2,1-3H3,(H,15,16). The van der Waals surface area contributed by atoms with Gasteiger partial charge in [0.25, 0.3) is 0 Å². The summed E-state index contributed by atoms with van der Waals surface area (Å²) in [4.78, 5) is 16.6. The first kappa shape index (κ1) is 12.5. The van der Waals surface area contributed by atoms with Gasteiger partial charge in [-0.25, -0.2) is 4.98 Å². The van der Waals surface area contributed by atoms with Gasteiger partial charge >= 0.3 is 0 Å². The van der Waals surface area contributed by atoms with Crippen LogP contribution in [-0.4, -0.2) is 24.0 Å². The lowest BCUT2D eigenvalue weighted by Gasteiger charge is -2.30. The Bertz CT molecular complexity index is 394. The van der Waals surface area contributed by atoms with Crippen LogP contribution in [-0.2, 0) is 10.3 Å². The molecule has 0 aromatic carbocycles. The molecule has 4 nitrogen and oxygen atoms in total. The predicted molar refractivity (Wildman–Crippen MR) is 68.9 cm³/mol. The van der Waals surface area contributed by atoms with Crippen LogP contribution >= 0.6 is 11.3 Å². The highest BCUT2D eigenvalue weighted by atomic mass is 32.1. The summed E-state index contributed by atoms with van der Waals surface area (Å²) in [5.41, 5.74) is -0.675. The van der Waals surface area contributed by atoms with Crippen molar-refractivity contribution in [2.24, 2.45) is 5.41 Å². The lowest BCUT2D eigenvalue weighted by molar-refractivity contribution is -0.131. The van der Waals surface area contributed by atoms with Gasteiger partial charge in [0.2, 0.25) is 5.91 Å². The molecule has 0 radical (unpaired) electrons. The minimum absolute atomic E-state index is 0.114. The number of aromatic nitrogens is 1.